The molecule has 0 fully saturated rings. The Kier molecular flexibility index (Phi) is 23.8. The highest BCUT2D eigenvalue weighted by Crippen LogP contribution is 2.24. The van der Waals surface area contributed by atoms with Crippen LogP contribution in [0.1, 0.15) is 54.0 Å². The van der Waals surface area contributed by atoms with Crippen LogP contribution in [0.4, 0.5) is 23.0 Å². The maximum Gasteiger partial charge on any atom is 0.250 e. The molecule has 1 heterocycles. The highest BCUT2D eigenvalue weighted by atomic mass is 35.5. The third kappa shape index (κ3) is 14.1. The molecule has 0 aliphatic carbocycles. The van der Waals surface area contributed by atoms with Crippen molar-refractivity contribution in [1.82, 2.24) is 14.9 Å². The summed E-state index contributed by atoms with van der Waals surface area (Å²) in [7, 11) is 5.62. The Labute approximate surface area is 218 Å². The van der Waals surface area contributed by atoms with Gasteiger partial charge in [0.2, 0.25) is 5.91 Å². The van der Waals surface area contributed by atoms with Crippen LogP contribution in [0, 0.1) is 5.41 Å². The maximum absolute atomic E-state index is 12.2. The number of halogens is 1. The van der Waals surface area contributed by atoms with Crippen LogP contribution in [-0.2, 0) is 4.79 Å². The molecule has 1 aromatic carbocycles. The summed E-state index contributed by atoms with van der Waals surface area (Å²) in [6.45, 7) is 14.3. The topological polar surface area (TPSA) is 111 Å². The first-order valence-corrected chi connectivity index (χ1v) is 12.5. The number of carbonyl (C=O) groups excluding carboxylic acids is 1. The molecule has 0 atom stereocenters. The number of carbonyl (C=O) groups is 1. The normalized spacial score (nSPS) is 9.17. The van der Waals surface area contributed by atoms with Crippen LogP contribution < -0.4 is 16.0 Å². The first-order chi connectivity index (χ1) is 16.8. The van der Waals surface area contributed by atoms with Crippen LogP contribution in [0.5, 0.6) is 0 Å². The van der Waals surface area contributed by atoms with E-state index < -0.39 is 0 Å². The van der Waals surface area contributed by atoms with Crippen molar-refractivity contribution in [3.8, 4) is 0 Å². The average molecular weight is 508 g/mol. The largest absolute Gasteiger partial charge is 0.383 e. The summed E-state index contributed by atoms with van der Waals surface area (Å²) in [6, 6.07) is 7.34. The van der Waals surface area contributed by atoms with Crippen LogP contribution in [0.3, 0.4) is 0 Å². The summed E-state index contributed by atoms with van der Waals surface area (Å²) in [4.78, 5) is 23.9. The number of nitrogens with one attached hydrogen (secondary N) is 2. The number of nitrogens with zero attached hydrogens (tertiary/aromatic N) is 4. The van der Waals surface area contributed by atoms with E-state index >= 15 is 0 Å². The fourth-order valence-electron chi connectivity index (χ4n) is 2.37. The molecule has 1 amide bonds. The predicted octanol–water partition coefficient (Wildman–Crippen LogP) is 6.20. The molecular formula is C26H46ClN7O. The molecule has 0 bridgehead atoms. The fourth-order valence-corrected chi connectivity index (χ4v) is 2.37. The van der Waals surface area contributed by atoms with Gasteiger partial charge < -0.3 is 26.3 Å². The smallest absolute Gasteiger partial charge is 0.250 e. The lowest BCUT2D eigenvalue weighted by atomic mass is 10.2. The second-order valence-electron chi connectivity index (χ2n) is 6.34. The lowest BCUT2D eigenvalue weighted by Crippen LogP contribution is -2.24. The van der Waals surface area contributed by atoms with Gasteiger partial charge in [-0.05, 0) is 45.3 Å². The molecule has 35 heavy (non-hydrogen) atoms. The van der Waals surface area contributed by atoms with Crippen molar-refractivity contribution in [3.63, 3.8) is 0 Å². The zero-order valence-corrected chi connectivity index (χ0v) is 24.2. The minimum Gasteiger partial charge on any atom is -0.383 e. The first-order valence-electron chi connectivity index (χ1n) is 11.8. The molecule has 2 aromatic rings. The van der Waals surface area contributed by atoms with Crippen LogP contribution in [-0.4, -0.2) is 60.6 Å². The Morgan fingerprint density at radius 2 is 1.54 bits per heavy atom. The zero-order chi connectivity index (χ0) is 28.0. The number of aromatic nitrogens is 2. The van der Waals surface area contributed by atoms with Crippen molar-refractivity contribution in [2.45, 2.75) is 48.5 Å². The van der Waals surface area contributed by atoms with E-state index in [9.17, 15) is 4.79 Å². The van der Waals surface area contributed by atoms with Gasteiger partial charge >= 0.3 is 0 Å². The number of rotatable bonds is 7. The number of amides is 1. The SMILES string of the molecule is CC.CC.CC.CC(=N)c1c(N)ncnc1Nc1ccc(N(C)C(=O)/C=C/CN(C)C)cc1.CCl. The number of benzene rings is 1. The standard InChI is InChI=1S/C19H25N7O.3C2H6.CH3Cl/c1-13(20)17-18(21)22-12-23-19(17)24-14-7-9-15(10-8-14)26(4)16(27)6-5-11-25(2)3;4*1-2/h5-10,12,20H,11H2,1-4H3,(H3,21,22,23,24);3*1-2H3;1H3/b6-5+,20-13?;;;;. The van der Waals surface area contributed by atoms with E-state index in [0.29, 0.717) is 17.9 Å². The molecule has 0 saturated carbocycles. The van der Waals surface area contributed by atoms with E-state index in [1.54, 1.807) is 24.9 Å². The molecule has 1 aromatic heterocycles. The number of alkyl halides is 1. The highest BCUT2D eigenvalue weighted by molar-refractivity contribution is 6.15. The number of hydrogen-bond acceptors (Lipinski definition) is 7. The highest BCUT2D eigenvalue weighted by Gasteiger charge is 2.12. The van der Waals surface area contributed by atoms with E-state index in [4.69, 9.17) is 11.1 Å². The van der Waals surface area contributed by atoms with Crippen molar-refractivity contribution >= 4 is 46.2 Å². The van der Waals surface area contributed by atoms with Gasteiger partial charge in [0, 0.05) is 43.1 Å². The monoisotopic (exact) mass is 507 g/mol. The molecular weight excluding hydrogens is 462 g/mol. The van der Waals surface area contributed by atoms with Crippen molar-refractivity contribution in [1.29, 1.82) is 5.41 Å². The molecule has 0 spiro atoms. The Bertz CT molecular complexity index is 853. The number of likely N-dealkylation sites (N-methyl/N-ethyl adjacent to an activating group) is 2. The number of anilines is 4. The van der Waals surface area contributed by atoms with Gasteiger partial charge in [0.15, 0.2) is 0 Å². The molecule has 2 rings (SSSR count). The lowest BCUT2D eigenvalue weighted by molar-refractivity contribution is -0.113. The molecule has 8 nitrogen and oxygen atoms in total. The second-order valence-corrected chi connectivity index (χ2v) is 6.34. The van der Waals surface area contributed by atoms with Gasteiger partial charge in [0.05, 0.1) is 5.56 Å². The first kappa shape index (κ1) is 36.6. The van der Waals surface area contributed by atoms with Crippen LogP contribution in [0.2, 0.25) is 0 Å². The Hall–Kier alpha value is -2.97. The minimum atomic E-state index is -0.0946. The quantitative estimate of drug-likeness (QED) is 0.233. The molecule has 0 aliphatic rings. The number of hydrogen-bond donors (Lipinski definition) is 3. The van der Waals surface area contributed by atoms with Gasteiger partial charge in [-0.2, -0.15) is 0 Å². The summed E-state index contributed by atoms with van der Waals surface area (Å²) in [5.41, 5.74) is 8.13. The van der Waals surface area contributed by atoms with Crippen LogP contribution in [0.15, 0.2) is 42.7 Å². The third-order valence-corrected chi connectivity index (χ3v) is 3.83. The van der Waals surface area contributed by atoms with E-state index in [-0.39, 0.29) is 17.4 Å². The molecule has 0 saturated heterocycles. The molecule has 0 aliphatic heterocycles. The van der Waals surface area contributed by atoms with Crippen molar-refractivity contribution < 1.29 is 4.79 Å². The minimum absolute atomic E-state index is 0.0946. The molecule has 9 heteroatoms. The van der Waals surface area contributed by atoms with Crippen molar-refractivity contribution in [3.05, 3.63) is 48.3 Å². The lowest BCUT2D eigenvalue weighted by Gasteiger charge is -2.17. The van der Waals surface area contributed by atoms with E-state index in [1.807, 2.05) is 90.9 Å². The van der Waals surface area contributed by atoms with E-state index in [0.717, 1.165) is 11.4 Å². The fraction of sp³-hybridized carbons (Fsp3) is 0.462. The summed E-state index contributed by atoms with van der Waals surface area (Å²) < 4.78 is 0. The van der Waals surface area contributed by atoms with Gasteiger partial charge in [-0.3, -0.25) is 4.79 Å². The zero-order valence-electron chi connectivity index (χ0n) is 23.4. The summed E-state index contributed by atoms with van der Waals surface area (Å²) in [5.74, 6) is 0.633. The van der Waals surface area contributed by atoms with Crippen molar-refractivity contribution in [2.24, 2.45) is 0 Å². The van der Waals surface area contributed by atoms with Crippen molar-refractivity contribution in [2.75, 3.05) is 50.0 Å². The van der Waals surface area contributed by atoms with Crippen LogP contribution >= 0.6 is 11.6 Å². The Morgan fingerprint density at radius 1 is 1.03 bits per heavy atom. The summed E-state index contributed by atoms with van der Waals surface area (Å²) >= 11 is 4.64. The van der Waals surface area contributed by atoms with Crippen LogP contribution in [0.25, 0.3) is 0 Å². The average Bonchev–Trinajstić information content (AvgIpc) is 2.88. The molecule has 0 radical (unpaired) electrons. The Morgan fingerprint density at radius 3 is 2.00 bits per heavy atom. The van der Waals surface area contributed by atoms with E-state index in [2.05, 4.69) is 26.9 Å². The molecule has 198 valence electrons. The summed E-state index contributed by atoms with van der Waals surface area (Å²) in [5, 5.41) is 11.0. The molecule has 0 unspecified atom stereocenters. The predicted molar refractivity (Wildman–Crippen MR) is 156 cm³/mol. The van der Waals surface area contributed by atoms with Gasteiger partial charge in [-0.15, -0.1) is 11.6 Å². The van der Waals surface area contributed by atoms with Gasteiger partial charge in [-0.1, -0.05) is 47.6 Å². The Balaban J connectivity index is -0.00000116. The van der Waals surface area contributed by atoms with E-state index in [1.165, 1.54) is 12.7 Å². The maximum atomic E-state index is 12.2. The number of nitrogen functional groups attached to an aromatic ring is 1. The number of nitrogens with two attached hydrogens (primary N) is 1. The third-order valence-electron chi connectivity index (χ3n) is 3.83. The summed E-state index contributed by atoms with van der Waals surface area (Å²) in [6.07, 6.45) is 6.22. The second kappa shape index (κ2) is 22.8. The van der Waals surface area contributed by atoms with Gasteiger partial charge in [0.1, 0.15) is 18.0 Å². The molecule has 4 N–H and O–H groups in total. The van der Waals surface area contributed by atoms with Gasteiger partial charge in [0.25, 0.3) is 0 Å². The van der Waals surface area contributed by atoms with Gasteiger partial charge in [-0.25, -0.2) is 9.97 Å².